The first-order valence-electron chi connectivity index (χ1n) is 11.0. The Morgan fingerprint density at radius 3 is 2.34 bits per heavy atom. The highest BCUT2D eigenvalue weighted by molar-refractivity contribution is 7.99. The number of carbonyl (C=O) groups is 2. The first kappa shape index (κ1) is 26.3. The number of anilines is 1. The highest BCUT2D eigenvalue weighted by Crippen LogP contribution is 2.23. The zero-order valence-corrected chi connectivity index (χ0v) is 21.5. The SMILES string of the molecule is Cc1ccc(SCCNC(=O)COC(=O)c2ccccc2NS(=O)(=O)c2cc(C)ccc2C)cc1. The van der Waals surface area contributed by atoms with Crippen molar-refractivity contribution >= 4 is 39.3 Å². The number of esters is 1. The third-order valence-electron chi connectivity index (χ3n) is 5.07. The van der Waals surface area contributed by atoms with Gasteiger partial charge in [0.15, 0.2) is 6.61 Å². The molecular weight excluding hydrogens is 484 g/mol. The predicted octanol–water partition coefficient (Wildman–Crippen LogP) is 4.48. The Balaban J connectivity index is 1.55. The molecule has 0 saturated heterocycles. The molecular formula is C26H28N2O5S2. The number of rotatable bonds is 10. The highest BCUT2D eigenvalue weighted by Gasteiger charge is 2.21. The summed E-state index contributed by atoms with van der Waals surface area (Å²) in [4.78, 5) is 25.9. The van der Waals surface area contributed by atoms with Gasteiger partial charge < -0.3 is 10.1 Å². The normalized spacial score (nSPS) is 11.1. The van der Waals surface area contributed by atoms with Gasteiger partial charge in [0.1, 0.15) is 0 Å². The lowest BCUT2D eigenvalue weighted by atomic mass is 10.2. The average molecular weight is 513 g/mol. The van der Waals surface area contributed by atoms with Gasteiger partial charge in [0.2, 0.25) is 0 Å². The van der Waals surface area contributed by atoms with Crippen LogP contribution in [0.5, 0.6) is 0 Å². The summed E-state index contributed by atoms with van der Waals surface area (Å²) in [6.45, 7) is 5.48. The Hall–Kier alpha value is -3.30. The van der Waals surface area contributed by atoms with Gasteiger partial charge in [-0.2, -0.15) is 0 Å². The van der Waals surface area contributed by atoms with Crippen LogP contribution in [0.25, 0.3) is 0 Å². The molecule has 0 bridgehead atoms. The van der Waals surface area contributed by atoms with E-state index in [9.17, 15) is 18.0 Å². The van der Waals surface area contributed by atoms with E-state index in [1.807, 2.05) is 37.3 Å². The summed E-state index contributed by atoms with van der Waals surface area (Å²) in [6, 6.07) is 19.3. The van der Waals surface area contributed by atoms with Crippen molar-refractivity contribution in [3.63, 3.8) is 0 Å². The summed E-state index contributed by atoms with van der Waals surface area (Å²) in [6.07, 6.45) is 0. The van der Waals surface area contributed by atoms with E-state index in [4.69, 9.17) is 4.74 Å². The van der Waals surface area contributed by atoms with Crippen molar-refractivity contribution in [1.29, 1.82) is 0 Å². The fraction of sp³-hybridized carbons (Fsp3) is 0.231. The second-order valence-electron chi connectivity index (χ2n) is 8.01. The molecule has 1 amide bonds. The Morgan fingerprint density at radius 1 is 0.914 bits per heavy atom. The fourth-order valence-electron chi connectivity index (χ4n) is 3.20. The Labute approximate surface area is 210 Å². The van der Waals surface area contributed by atoms with Crippen LogP contribution in [0, 0.1) is 20.8 Å². The van der Waals surface area contributed by atoms with Crippen molar-refractivity contribution in [2.24, 2.45) is 0 Å². The molecule has 0 aliphatic heterocycles. The van der Waals surface area contributed by atoms with Gasteiger partial charge in [-0.25, -0.2) is 13.2 Å². The van der Waals surface area contributed by atoms with E-state index in [-0.39, 0.29) is 16.1 Å². The van der Waals surface area contributed by atoms with E-state index in [1.54, 1.807) is 49.9 Å². The molecule has 2 N–H and O–H groups in total. The lowest BCUT2D eigenvalue weighted by molar-refractivity contribution is -0.124. The zero-order valence-electron chi connectivity index (χ0n) is 19.8. The molecule has 0 unspecified atom stereocenters. The monoisotopic (exact) mass is 512 g/mol. The maximum Gasteiger partial charge on any atom is 0.340 e. The van der Waals surface area contributed by atoms with E-state index < -0.39 is 28.5 Å². The smallest absolute Gasteiger partial charge is 0.340 e. The zero-order chi connectivity index (χ0) is 25.4. The minimum absolute atomic E-state index is 0.0177. The van der Waals surface area contributed by atoms with Crippen LogP contribution in [0.2, 0.25) is 0 Å². The van der Waals surface area contributed by atoms with E-state index in [0.29, 0.717) is 17.9 Å². The molecule has 0 aliphatic rings. The number of benzene rings is 3. The van der Waals surface area contributed by atoms with E-state index in [0.717, 1.165) is 10.5 Å². The molecule has 184 valence electrons. The van der Waals surface area contributed by atoms with Gasteiger partial charge in [0.25, 0.3) is 15.9 Å². The molecule has 0 radical (unpaired) electrons. The number of thioether (sulfide) groups is 1. The van der Waals surface area contributed by atoms with E-state index >= 15 is 0 Å². The van der Waals surface area contributed by atoms with Crippen molar-refractivity contribution in [3.8, 4) is 0 Å². The van der Waals surface area contributed by atoms with Crippen LogP contribution >= 0.6 is 11.8 Å². The average Bonchev–Trinajstić information content (AvgIpc) is 2.83. The number of amides is 1. The van der Waals surface area contributed by atoms with Crippen molar-refractivity contribution in [3.05, 3.63) is 89.0 Å². The highest BCUT2D eigenvalue weighted by atomic mass is 32.2. The standard InChI is InChI=1S/C26H28N2O5S2/c1-18-9-12-21(13-10-18)34-15-14-27-25(29)17-33-26(30)22-6-4-5-7-23(22)28-35(31,32)24-16-19(2)8-11-20(24)3/h4-13,16,28H,14-15,17H2,1-3H3,(H,27,29). The molecule has 0 saturated carbocycles. The summed E-state index contributed by atoms with van der Waals surface area (Å²) >= 11 is 1.61. The molecule has 0 aliphatic carbocycles. The molecule has 9 heteroatoms. The van der Waals surface area contributed by atoms with Crippen molar-refractivity contribution in [2.75, 3.05) is 23.6 Å². The number of carbonyl (C=O) groups excluding carboxylic acids is 2. The molecule has 0 heterocycles. The Kier molecular flexibility index (Phi) is 8.95. The van der Waals surface area contributed by atoms with E-state index in [2.05, 4.69) is 10.0 Å². The Morgan fingerprint density at radius 2 is 1.60 bits per heavy atom. The Bertz CT molecular complexity index is 1310. The van der Waals surface area contributed by atoms with Crippen molar-refractivity contribution < 1.29 is 22.7 Å². The molecule has 3 aromatic rings. The maximum atomic E-state index is 13.0. The molecule has 3 rings (SSSR count). The van der Waals surface area contributed by atoms with Gasteiger partial charge in [-0.1, -0.05) is 42.0 Å². The lowest BCUT2D eigenvalue weighted by Crippen LogP contribution is -2.30. The van der Waals surface area contributed by atoms with Gasteiger partial charge in [0.05, 0.1) is 16.1 Å². The maximum absolute atomic E-state index is 13.0. The molecule has 0 aromatic heterocycles. The van der Waals surface area contributed by atoms with Crippen LogP contribution in [-0.2, 0) is 19.6 Å². The minimum Gasteiger partial charge on any atom is -0.452 e. The van der Waals surface area contributed by atoms with Crippen LogP contribution in [-0.4, -0.2) is 39.2 Å². The number of sulfonamides is 1. The lowest BCUT2D eigenvalue weighted by Gasteiger charge is -2.14. The predicted molar refractivity (Wildman–Crippen MR) is 138 cm³/mol. The number of para-hydroxylation sites is 1. The number of nitrogens with one attached hydrogen (secondary N) is 2. The first-order valence-corrected chi connectivity index (χ1v) is 13.4. The largest absolute Gasteiger partial charge is 0.452 e. The quantitative estimate of drug-likeness (QED) is 0.236. The second-order valence-corrected chi connectivity index (χ2v) is 10.8. The minimum atomic E-state index is -3.93. The fourth-order valence-corrected chi connectivity index (χ4v) is 5.38. The first-order chi connectivity index (χ1) is 16.7. The number of hydrogen-bond donors (Lipinski definition) is 2. The van der Waals surface area contributed by atoms with Gasteiger partial charge >= 0.3 is 5.97 Å². The topological polar surface area (TPSA) is 102 Å². The van der Waals surface area contributed by atoms with Crippen LogP contribution in [0.15, 0.2) is 76.5 Å². The van der Waals surface area contributed by atoms with Crippen LogP contribution in [0.1, 0.15) is 27.0 Å². The summed E-state index contributed by atoms with van der Waals surface area (Å²) in [5.74, 6) is -0.559. The summed E-state index contributed by atoms with van der Waals surface area (Å²) in [7, 11) is -3.93. The summed E-state index contributed by atoms with van der Waals surface area (Å²) < 4.78 is 33.5. The van der Waals surface area contributed by atoms with Crippen LogP contribution < -0.4 is 10.0 Å². The van der Waals surface area contributed by atoms with Crippen molar-refractivity contribution in [2.45, 2.75) is 30.6 Å². The number of ether oxygens (including phenoxy) is 1. The molecule has 0 atom stereocenters. The van der Waals surface area contributed by atoms with Crippen molar-refractivity contribution in [1.82, 2.24) is 5.32 Å². The molecule has 0 spiro atoms. The number of aryl methyl sites for hydroxylation is 3. The molecule has 35 heavy (non-hydrogen) atoms. The third-order valence-corrected chi connectivity index (χ3v) is 7.59. The van der Waals surface area contributed by atoms with Crippen LogP contribution in [0.3, 0.4) is 0 Å². The molecule has 7 nitrogen and oxygen atoms in total. The van der Waals surface area contributed by atoms with Gasteiger partial charge in [-0.05, 0) is 62.2 Å². The summed E-state index contributed by atoms with van der Waals surface area (Å²) in [5, 5.41) is 2.71. The van der Waals surface area contributed by atoms with Crippen LogP contribution in [0.4, 0.5) is 5.69 Å². The summed E-state index contributed by atoms with van der Waals surface area (Å²) in [5.41, 5.74) is 2.66. The van der Waals surface area contributed by atoms with Gasteiger partial charge in [0, 0.05) is 17.2 Å². The number of hydrogen-bond acceptors (Lipinski definition) is 6. The van der Waals surface area contributed by atoms with Gasteiger partial charge in [-0.15, -0.1) is 11.8 Å². The molecule has 0 fully saturated rings. The second kappa shape index (κ2) is 11.9. The third kappa shape index (κ3) is 7.60. The van der Waals surface area contributed by atoms with Gasteiger partial charge in [-0.3, -0.25) is 9.52 Å². The molecule has 3 aromatic carbocycles. The van der Waals surface area contributed by atoms with E-state index in [1.165, 1.54) is 17.7 Å².